The normalized spacial score (nSPS) is 15.2. The van der Waals surface area contributed by atoms with Crippen LogP contribution in [0.2, 0.25) is 0 Å². The molecule has 2 aromatic heterocycles. The van der Waals surface area contributed by atoms with Crippen molar-refractivity contribution in [2.24, 2.45) is 0 Å². The van der Waals surface area contributed by atoms with Crippen LogP contribution in [0, 0.1) is 0 Å². The van der Waals surface area contributed by atoms with Crippen molar-refractivity contribution >= 4 is 22.7 Å². The zero-order chi connectivity index (χ0) is 14.7. The summed E-state index contributed by atoms with van der Waals surface area (Å²) < 4.78 is 0. The minimum absolute atomic E-state index is 0.513. The van der Waals surface area contributed by atoms with E-state index in [0.29, 0.717) is 6.04 Å². The lowest BCUT2D eigenvalue weighted by Gasteiger charge is -2.20. The molecule has 5 heteroatoms. The summed E-state index contributed by atoms with van der Waals surface area (Å²) in [7, 11) is 0. The Morgan fingerprint density at radius 2 is 2.19 bits per heavy atom. The van der Waals surface area contributed by atoms with E-state index in [-0.39, 0.29) is 0 Å². The summed E-state index contributed by atoms with van der Waals surface area (Å²) in [6.07, 6.45) is 2.69. The number of aromatic nitrogens is 1. The molecule has 1 fully saturated rings. The highest BCUT2D eigenvalue weighted by molar-refractivity contribution is 7.09. The first-order chi connectivity index (χ1) is 10.2. The molecule has 2 heterocycles. The third kappa shape index (κ3) is 4.61. The SMILES string of the molecule is CC(C)NCc1nc(CN(Cc2ccsc2)C2CC2)cs1. The summed E-state index contributed by atoms with van der Waals surface area (Å²) in [6.45, 7) is 7.27. The highest BCUT2D eigenvalue weighted by Gasteiger charge is 2.29. The van der Waals surface area contributed by atoms with Crippen molar-refractivity contribution in [3.05, 3.63) is 38.5 Å². The molecule has 0 spiro atoms. The lowest BCUT2D eigenvalue weighted by Crippen LogP contribution is -2.25. The highest BCUT2D eigenvalue weighted by atomic mass is 32.1. The average molecular weight is 322 g/mol. The molecule has 1 N–H and O–H groups in total. The van der Waals surface area contributed by atoms with Gasteiger partial charge in [0.1, 0.15) is 5.01 Å². The Hall–Kier alpha value is -0.750. The lowest BCUT2D eigenvalue weighted by molar-refractivity contribution is 0.243. The van der Waals surface area contributed by atoms with Crippen LogP contribution in [0.5, 0.6) is 0 Å². The minimum atomic E-state index is 0.513. The van der Waals surface area contributed by atoms with Crippen LogP contribution in [0.15, 0.2) is 22.2 Å². The van der Waals surface area contributed by atoms with Crippen LogP contribution < -0.4 is 5.32 Å². The van der Waals surface area contributed by atoms with E-state index < -0.39 is 0 Å². The predicted octanol–water partition coefficient (Wildman–Crippen LogP) is 3.87. The first kappa shape index (κ1) is 15.2. The molecule has 1 saturated carbocycles. The molecule has 0 aliphatic heterocycles. The Labute approximate surface area is 135 Å². The Bertz CT molecular complexity index is 544. The predicted molar refractivity (Wildman–Crippen MR) is 90.7 cm³/mol. The van der Waals surface area contributed by atoms with Crippen molar-refractivity contribution in [1.29, 1.82) is 0 Å². The van der Waals surface area contributed by atoms with Gasteiger partial charge >= 0.3 is 0 Å². The van der Waals surface area contributed by atoms with E-state index in [2.05, 4.69) is 46.3 Å². The maximum absolute atomic E-state index is 4.78. The van der Waals surface area contributed by atoms with Crippen molar-refractivity contribution in [2.75, 3.05) is 0 Å². The van der Waals surface area contributed by atoms with Gasteiger partial charge in [-0.3, -0.25) is 4.90 Å². The summed E-state index contributed by atoms with van der Waals surface area (Å²) in [5.41, 5.74) is 2.66. The number of thiazole rings is 1. The third-order valence-electron chi connectivity index (χ3n) is 3.65. The van der Waals surface area contributed by atoms with Gasteiger partial charge in [-0.2, -0.15) is 11.3 Å². The van der Waals surface area contributed by atoms with Gasteiger partial charge in [0, 0.05) is 37.1 Å². The molecule has 1 aliphatic rings. The van der Waals surface area contributed by atoms with E-state index >= 15 is 0 Å². The van der Waals surface area contributed by atoms with Gasteiger partial charge in [-0.15, -0.1) is 11.3 Å². The molecule has 0 bridgehead atoms. The largest absolute Gasteiger partial charge is 0.308 e. The van der Waals surface area contributed by atoms with E-state index in [1.165, 1.54) is 29.1 Å². The average Bonchev–Trinajstić information content (AvgIpc) is 2.99. The molecule has 1 aliphatic carbocycles. The van der Waals surface area contributed by atoms with E-state index in [0.717, 1.165) is 25.7 Å². The molecule has 0 atom stereocenters. The van der Waals surface area contributed by atoms with E-state index in [4.69, 9.17) is 4.98 Å². The molecule has 0 unspecified atom stereocenters. The van der Waals surface area contributed by atoms with Gasteiger partial charge in [-0.1, -0.05) is 13.8 Å². The second-order valence-corrected chi connectivity index (χ2v) is 7.76. The fourth-order valence-corrected chi connectivity index (χ4v) is 3.77. The van der Waals surface area contributed by atoms with E-state index in [1.807, 2.05) is 0 Å². The summed E-state index contributed by atoms with van der Waals surface area (Å²) >= 11 is 3.56. The van der Waals surface area contributed by atoms with Crippen LogP contribution >= 0.6 is 22.7 Å². The number of hydrogen-bond donors (Lipinski definition) is 1. The number of nitrogens with zero attached hydrogens (tertiary/aromatic N) is 2. The van der Waals surface area contributed by atoms with Crippen molar-refractivity contribution in [3.8, 4) is 0 Å². The molecular formula is C16H23N3S2. The summed E-state index contributed by atoms with van der Waals surface area (Å²) in [5, 5.41) is 11.3. The van der Waals surface area contributed by atoms with Crippen LogP contribution in [0.25, 0.3) is 0 Å². The maximum atomic E-state index is 4.78. The molecule has 0 saturated heterocycles. The van der Waals surface area contributed by atoms with E-state index in [1.54, 1.807) is 22.7 Å². The van der Waals surface area contributed by atoms with Crippen LogP contribution in [0.4, 0.5) is 0 Å². The van der Waals surface area contributed by atoms with Gasteiger partial charge in [-0.05, 0) is 35.2 Å². The molecule has 3 nitrogen and oxygen atoms in total. The highest BCUT2D eigenvalue weighted by Crippen LogP contribution is 2.30. The van der Waals surface area contributed by atoms with Crippen molar-refractivity contribution < 1.29 is 0 Å². The van der Waals surface area contributed by atoms with Crippen molar-refractivity contribution in [3.63, 3.8) is 0 Å². The zero-order valence-electron chi connectivity index (χ0n) is 12.7. The second-order valence-electron chi connectivity index (χ2n) is 6.04. The zero-order valence-corrected chi connectivity index (χ0v) is 14.3. The first-order valence-corrected chi connectivity index (χ1v) is 9.45. The van der Waals surface area contributed by atoms with Gasteiger partial charge in [0.25, 0.3) is 0 Å². The monoisotopic (exact) mass is 321 g/mol. The standard InChI is InChI=1S/C16H23N3S2/c1-12(2)17-7-16-18-14(11-21-16)9-19(15-3-4-15)8-13-5-6-20-10-13/h5-6,10-12,15,17H,3-4,7-9H2,1-2H3. The first-order valence-electron chi connectivity index (χ1n) is 7.62. The van der Waals surface area contributed by atoms with Gasteiger partial charge in [0.05, 0.1) is 5.69 Å². The Morgan fingerprint density at radius 1 is 1.33 bits per heavy atom. The lowest BCUT2D eigenvalue weighted by atomic mass is 10.3. The maximum Gasteiger partial charge on any atom is 0.107 e. The molecular weight excluding hydrogens is 298 g/mol. The number of thiophene rings is 1. The van der Waals surface area contributed by atoms with Crippen molar-refractivity contribution in [1.82, 2.24) is 15.2 Å². The second kappa shape index (κ2) is 7.01. The summed E-state index contributed by atoms with van der Waals surface area (Å²) in [5.74, 6) is 0. The molecule has 0 radical (unpaired) electrons. The quantitative estimate of drug-likeness (QED) is 0.800. The fraction of sp³-hybridized carbons (Fsp3) is 0.562. The minimum Gasteiger partial charge on any atom is -0.308 e. The summed E-state index contributed by atoms with van der Waals surface area (Å²) in [6, 6.07) is 3.52. The van der Waals surface area contributed by atoms with Crippen molar-refractivity contribution in [2.45, 2.75) is 58.4 Å². The topological polar surface area (TPSA) is 28.2 Å². The molecule has 114 valence electrons. The third-order valence-corrected chi connectivity index (χ3v) is 5.28. The molecule has 0 aromatic carbocycles. The molecule has 0 amide bonds. The van der Waals surface area contributed by atoms with E-state index in [9.17, 15) is 0 Å². The number of nitrogens with one attached hydrogen (secondary N) is 1. The Kier molecular flexibility index (Phi) is 5.06. The number of hydrogen-bond acceptors (Lipinski definition) is 5. The summed E-state index contributed by atoms with van der Waals surface area (Å²) in [4.78, 5) is 7.36. The van der Waals surface area contributed by atoms with Gasteiger partial charge in [0.15, 0.2) is 0 Å². The Balaban J connectivity index is 1.58. The van der Waals surface area contributed by atoms with Crippen LogP contribution in [0.3, 0.4) is 0 Å². The fourth-order valence-electron chi connectivity index (χ4n) is 2.37. The molecule has 3 rings (SSSR count). The van der Waals surface area contributed by atoms with Gasteiger partial charge in [0.2, 0.25) is 0 Å². The van der Waals surface area contributed by atoms with Crippen LogP contribution in [0.1, 0.15) is 43.0 Å². The number of rotatable bonds is 8. The Morgan fingerprint density at radius 3 is 2.86 bits per heavy atom. The van der Waals surface area contributed by atoms with Crippen LogP contribution in [-0.2, 0) is 19.6 Å². The van der Waals surface area contributed by atoms with Gasteiger partial charge in [-0.25, -0.2) is 4.98 Å². The van der Waals surface area contributed by atoms with Gasteiger partial charge < -0.3 is 5.32 Å². The smallest absolute Gasteiger partial charge is 0.107 e. The van der Waals surface area contributed by atoms with Crippen LogP contribution in [-0.4, -0.2) is 22.0 Å². The molecule has 21 heavy (non-hydrogen) atoms. The molecule has 2 aromatic rings.